The molecule has 1 aliphatic carbocycles. The van der Waals surface area contributed by atoms with Gasteiger partial charge in [0.05, 0.1) is 11.4 Å². The molecule has 24 heavy (non-hydrogen) atoms. The fourth-order valence-corrected chi connectivity index (χ4v) is 3.98. The van der Waals surface area contributed by atoms with Crippen LogP contribution in [0.2, 0.25) is 0 Å². The highest BCUT2D eigenvalue weighted by Crippen LogP contribution is 2.29. The summed E-state index contributed by atoms with van der Waals surface area (Å²) in [6.45, 7) is 4.32. The molecule has 1 saturated carbocycles. The molecule has 0 spiro atoms. The molecule has 1 amide bonds. The zero-order valence-electron chi connectivity index (χ0n) is 14.1. The van der Waals surface area contributed by atoms with Gasteiger partial charge in [-0.05, 0) is 42.5 Å². The lowest BCUT2D eigenvalue weighted by Gasteiger charge is -2.34. The van der Waals surface area contributed by atoms with E-state index in [-0.39, 0.29) is 23.4 Å². The number of nitrogens with one attached hydrogen (secondary N) is 2. The third kappa shape index (κ3) is 4.37. The minimum Gasteiger partial charge on any atom is -0.349 e. The van der Waals surface area contributed by atoms with Crippen LogP contribution in [-0.2, 0) is 10.0 Å². The van der Waals surface area contributed by atoms with Crippen LogP contribution in [0, 0.1) is 24.2 Å². The van der Waals surface area contributed by atoms with E-state index in [1.807, 2.05) is 0 Å². The lowest BCUT2D eigenvalue weighted by molar-refractivity contribution is 0.0891. The summed E-state index contributed by atoms with van der Waals surface area (Å²) in [6, 6.07) is 6.05. The molecule has 3 atom stereocenters. The summed E-state index contributed by atoms with van der Waals surface area (Å²) in [5.41, 5.74) is 0.455. The van der Waals surface area contributed by atoms with Gasteiger partial charge in [-0.3, -0.25) is 4.79 Å². The Morgan fingerprint density at radius 1 is 1.25 bits per heavy atom. The van der Waals surface area contributed by atoms with Crippen LogP contribution >= 0.6 is 0 Å². The summed E-state index contributed by atoms with van der Waals surface area (Å²) in [4.78, 5) is 12.5. The number of sulfonamides is 1. The van der Waals surface area contributed by atoms with Crippen molar-refractivity contribution in [2.24, 2.45) is 11.8 Å². The summed E-state index contributed by atoms with van der Waals surface area (Å²) in [7, 11) is -3.63. The van der Waals surface area contributed by atoms with E-state index in [0.29, 0.717) is 17.4 Å². The number of amides is 1. The fourth-order valence-electron chi connectivity index (χ4n) is 3.04. The van der Waals surface area contributed by atoms with Crippen molar-refractivity contribution < 1.29 is 13.2 Å². The van der Waals surface area contributed by atoms with Crippen LogP contribution in [0.1, 0.15) is 43.5 Å². The molecule has 1 aromatic rings. The lowest BCUT2D eigenvalue weighted by Crippen LogP contribution is -2.43. The molecule has 1 fully saturated rings. The molecule has 0 heterocycles. The summed E-state index contributed by atoms with van der Waals surface area (Å²) in [5.74, 6) is 3.09. The van der Waals surface area contributed by atoms with Crippen molar-refractivity contribution in [2.75, 3.05) is 6.54 Å². The number of hydrogen-bond acceptors (Lipinski definition) is 3. The van der Waals surface area contributed by atoms with Crippen molar-refractivity contribution in [3.05, 3.63) is 29.8 Å². The van der Waals surface area contributed by atoms with Gasteiger partial charge in [0, 0.05) is 11.6 Å². The molecular weight excluding hydrogens is 324 g/mol. The van der Waals surface area contributed by atoms with Crippen LogP contribution < -0.4 is 10.0 Å². The predicted molar refractivity (Wildman–Crippen MR) is 93.9 cm³/mol. The SMILES string of the molecule is C#CCNS(=O)(=O)c1ccc(C(=O)NC2CCCC(C)C2C)cc1. The molecule has 0 aliphatic heterocycles. The maximum atomic E-state index is 12.4. The number of hydrogen-bond donors (Lipinski definition) is 2. The van der Waals surface area contributed by atoms with Crippen LogP contribution in [-0.4, -0.2) is 26.9 Å². The summed E-state index contributed by atoms with van der Waals surface area (Å²) < 4.78 is 26.2. The molecule has 1 aliphatic rings. The summed E-state index contributed by atoms with van der Waals surface area (Å²) in [6.07, 6.45) is 8.36. The van der Waals surface area contributed by atoms with Gasteiger partial charge in [0.1, 0.15) is 0 Å². The Kier molecular flexibility index (Phi) is 6.03. The molecule has 3 unspecified atom stereocenters. The molecular formula is C18H24N2O3S. The average Bonchev–Trinajstić information content (AvgIpc) is 2.57. The summed E-state index contributed by atoms with van der Waals surface area (Å²) >= 11 is 0. The largest absolute Gasteiger partial charge is 0.349 e. The Morgan fingerprint density at radius 3 is 2.54 bits per heavy atom. The third-order valence-electron chi connectivity index (χ3n) is 4.81. The normalized spacial score (nSPS) is 24.1. The number of carbonyl (C=O) groups is 1. The average molecular weight is 348 g/mol. The van der Waals surface area contributed by atoms with Gasteiger partial charge in [-0.2, -0.15) is 4.72 Å². The maximum absolute atomic E-state index is 12.4. The van der Waals surface area contributed by atoms with Crippen LogP contribution in [0.3, 0.4) is 0 Å². The minimum absolute atomic E-state index is 0.0671. The van der Waals surface area contributed by atoms with Gasteiger partial charge in [0.25, 0.3) is 5.91 Å². The predicted octanol–water partition coefficient (Wildman–Crippen LogP) is 2.15. The zero-order valence-corrected chi connectivity index (χ0v) is 14.9. The van der Waals surface area contributed by atoms with E-state index >= 15 is 0 Å². The van der Waals surface area contributed by atoms with Crippen LogP contribution in [0.4, 0.5) is 0 Å². The molecule has 0 bridgehead atoms. The van der Waals surface area contributed by atoms with E-state index in [2.05, 4.69) is 29.8 Å². The first-order valence-corrected chi connectivity index (χ1v) is 9.67. The topological polar surface area (TPSA) is 75.3 Å². The highest BCUT2D eigenvalue weighted by Gasteiger charge is 2.28. The molecule has 5 nitrogen and oxygen atoms in total. The molecule has 2 N–H and O–H groups in total. The van der Waals surface area contributed by atoms with Gasteiger partial charge in [0.15, 0.2) is 0 Å². The van der Waals surface area contributed by atoms with Crippen molar-refractivity contribution in [3.8, 4) is 12.3 Å². The number of carbonyl (C=O) groups excluding carboxylic acids is 1. The highest BCUT2D eigenvalue weighted by atomic mass is 32.2. The first-order chi connectivity index (χ1) is 11.3. The Morgan fingerprint density at radius 2 is 1.92 bits per heavy atom. The molecule has 1 aromatic carbocycles. The Hall–Kier alpha value is -1.84. The van der Waals surface area contributed by atoms with Crippen LogP contribution in [0.5, 0.6) is 0 Å². The standard InChI is InChI=1S/C18H24N2O3S/c1-4-12-19-24(22,23)16-10-8-15(9-11-16)18(21)20-17-7-5-6-13(2)14(17)3/h1,8-11,13-14,17,19H,5-7,12H2,2-3H3,(H,20,21). The van der Waals surface area contributed by atoms with Crippen molar-refractivity contribution in [2.45, 2.75) is 44.0 Å². The van der Waals surface area contributed by atoms with Crippen molar-refractivity contribution >= 4 is 15.9 Å². The Labute approximate surface area is 144 Å². The smallest absolute Gasteiger partial charge is 0.251 e. The third-order valence-corrected chi connectivity index (χ3v) is 6.23. The second-order valence-corrected chi connectivity index (χ2v) is 8.17. The second-order valence-electron chi connectivity index (χ2n) is 6.40. The van der Waals surface area contributed by atoms with Gasteiger partial charge in [0.2, 0.25) is 10.0 Å². The quantitative estimate of drug-likeness (QED) is 0.801. The molecule has 130 valence electrons. The molecule has 0 aromatic heterocycles. The lowest BCUT2D eigenvalue weighted by atomic mass is 9.78. The fraction of sp³-hybridized carbons (Fsp3) is 0.500. The van der Waals surface area contributed by atoms with Gasteiger partial charge in [-0.1, -0.05) is 32.6 Å². The number of terminal acetylenes is 1. The number of benzene rings is 1. The summed E-state index contributed by atoms with van der Waals surface area (Å²) in [5, 5.41) is 3.08. The van der Waals surface area contributed by atoms with Crippen LogP contribution in [0.25, 0.3) is 0 Å². The number of rotatable bonds is 5. The van der Waals surface area contributed by atoms with Crippen molar-refractivity contribution in [1.29, 1.82) is 0 Å². The zero-order chi connectivity index (χ0) is 17.7. The molecule has 0 radical (unpaired) electrons. The monoisotopic (exact) mass is 348 g/mol. The minimum atomic E-state index is -3.63. The van der Waals surface area contributed by atoms with Gasteiger partial charge >= 0.3 is 0 Å². The van der Waals surface area contributed by atoms with Gasteiger partial charge < -0.3 is 5.32 Å². The van der Waals surface area contributed by atoms with E-state index in [1.54, 1.807) is 0 Å². The Bertz CT molecular complexity index is 720. The van der Waals surface area contributed by atoms with E-state index in [4.69, 9.17) is 6.42 Å². The first-order valence-electron chi connectivity index (χ1n) is 8.19. The first kappa shape index (κ1) is 18.5. The van der Waals surface area contributed by atoms with E-state index < -0.39 is 10.0 Å². The van der Waals surface area contributed by atoms with E-state index in [9.17, 15) is 13.2 Å². The van der Waals surface area contributed by atoms with Crippen LogP contribution in [0.15, 0.2) is 29.2 Å². The Balaban J connectivity index is 2.05. The van der Waals surface area contributed by atoms with Gasteiger partial charge in [-0.15, -0.1) is 6.42 Å². The maximum Gasteiger partial charge on any atom is 0.251 e. The molecule has 6 heteroatoms. The van der Waals surface area contributed by atoms with Crippen molar-refractivity contribution in [3.63, 3.8) is 0 Å². The highest BCUT2D eigenvalue weighted by molar-refractivity contribution is 7.89. The van der Waals surface area contributed by atoms with E-state index in [0.717, 1.165) is 12.8 Å². The van der Waals surface area contributed by atoms with Gasteiger partial charge in [-0.25, -0.2) is 8.42 Å². The molecule has 0 saturated heterocycles. The second kappa shape index (κ2) is 7.82. The van der Waals surface area contributed by atoms with E-state index in [1.165, 1.54) is 30.7 Å². The van der Waals surface area contributed by atoms with Crippen molar-refractivity contribution in [1.82, 2.24) is 10.0 Å². The molecule has 2 rings (SSSR count).